The van der Waals surface area contributed by atoms with E-state index < -0.39 is 0 Å². The first-order chi connectivity index (χ1) is 12.1. The van der Waals surface area contributed by atoms with Gasteiger partial charge in [-0.1, -0.05) is 12.1 Å². The zero-order chi connectivity index (χ0) is 18.1. The smallest absolute Gasteiger partial charge is 0.191 e. The molecule has 1 aromatic heterocycles. The van der Waals surface area contributed by atoms with Crippen molar-refractivity contribution in [3.05, 3.63) is 17.0 Å². The van der Waals surface area contributed by atoms with Crippen LogP contribution >= 0.6 is 24.0 Å². The number of hydrogen-bond acceptors (Lipinski definition) is 5. The van der Waals surface area contributed by atoms with Crippen LogP contribution in [0.3, 0.4) is 0 Å². The number of aromatic nitrogens is 1. The maximum atomic E-state index is 5.38. The highest BCUT2D eigenvalue weighted by atomic mass is 127. The van der Waals surface area contributed by atoms with Crippen LogP contribution in [0, 0.1) is 13.8 Å². The monoisotopic (exact) mass is 479 g/mol. The Kier molecular flexibility index (Phi) is 11.1. The van der Waals surface area contributed by atoms with Crippen molar-refractivity contribution in [2.75, 3.05) is 52.5 Å². The molecule has 0 aliphatic carbocycles. The Labute approximate surface area is 174 Å². The molecule has 26 heavy (non-hydrogen) atoms. The summed E-state index contributed by atoms with van der Waals surface area (Å²) in [7, 11) is 0. The molecule has 1 aliphatic rings. The van der Waals surface area contributed by atoms with Gasteiger partial charge in [0.2, 0.25) is 0 Å². The van der Waals surface area contributed by atoms with Gasteiger partial charge in [0.25, 0.3) is 0 Å². The second-order valence-electron chi connectivity index (χ2n) is 6.59. The maximum Gasteiger partial charge on any atom is 0.191 e. The van der Waals surface area contributed by atoms with Gasteiger partial charge in [-0.15, -0.1) is 24.0 Å². The van der Waals surface area contributed by atoms with Gasteiger partial charge in [-0.2, -0.15) is 0 Å². The molecule has 1 aliphatic heterocycles. The number of nitrogens with zero attached hydrogens (tertiary/aromatic N) is 3. The van der Waals surface area contributed by atoms with Gasteiger partial charge in [0.05, 0.1) is 18.9 Å². The molecule has 2 rings (SSSR count). The molecule has 7 nitrogen and oxygen atoms in total. The molecule has 1 unspecified atom stereocenters. The average Bonchev–Trinajstić information content (AvgIpc) is 2.95. The standard InChI is InChI=1S/C18H33N5O2.HI/c1-5-19-18(20-7-6-8-23-9-11-24-12-10-23)21-13-14(2)17-15(3)22-25-16(17)4;/h14H,5-13H2,1-4H3,(H2,19,20,21);1H. The molecule has 1 fully saturated rings. The number of nitrogens with one attached hydrogen (secondary N) is 2. The summed E-state index contributed by atoms with van der Waals surface area (Å²) in [5.74, 6) is 2.06. The Hall–Kier alpha value is -0.870. The predicted molar refractivity (Wildman–Crippen MR) is 116 cm³/mol. The van der Waals surface area contributed by atoms with Crippen LogP contribution in [0.25, 0.3) is 0 Å². The third-order valence-corrected chi connectivity index (χ3v) is 4.50. The van der Waals surface area contributed by atoms with Gasteiger partial charge in [0.15, 0.2) is 5.96 Å². The Balaban J connectivity index is 0.00000338. The Morgan fingerprint density at radius 1 is 1.27 bits per heavy atom. The number of morpholine rings is 1. The second-order valence-corrected chi connectivity index (χ2v) is 6.59. The number of hydrogen-bond donors (Lipinski definition) is 2. The van der Waals surface area contributed by atoms with Gasteiger partial charge in [0, 0.05) is 44.2 Å². The van der Waals surface area contributed by atoms with E-state index in [2.05, 4.69) is 34.5 Å². The largest absolute Gasteiger partial charge is 0.379 e. The number of rotatable bonds is 8. The summed E-state index contributed by atoms with van der Waals surface area (Å²) in [6.07, 6.45) is 1.10. The molecular formula is C18H34IN5O2. The predicted octanol–water partition coefficient (Wildman–Crippen LogP) is 2.29. The van der Waals surface area contributed by atoms with Crippen molar-refractivity contribution in [1.82, 2.24) is 20.7 Å². The molecule has 150 valence electrons. The molecule has 0 spiro atoms. The summed E-state index contributed by atoms with van der Waals surface area (Å²) in [6, 6.07) is 0. The molecule has 0 amide bonds. The highest BCUT2D eigenvalue weighted by Crippen LogP contribution is 2.23. The van der Waals surface area contributed by atoms with Crippen LogP contribution in [0.2, 0.25) is 0 Å². The molecule has 0 saturated carbocycles. The van der Waals surface area contributed by atoms with E-state index in [4.69, 9.17) is 14.3 Å². The summed E-state index contributed by atoms with van der Waals surface area (Å²) in [5.41, 5.74) is 2.13. The lowest BCUT2D eigenvalue weighted by Gasteiger charge is -2.26. The topological polar surface area (TPSA) is 74.9 Å². The Bertz CT molecular complexity index is 524. The molecular weight excluding hydrogens is 445 g/mol. The molecule has 2 heterocycles. The minimum absolute atomic E-state index is 0. The van der Waals surface area contributed by atoms with E-state index in [1.807, 2.05) is 13.8 Å². The van der Waals surface area contributed by atoms with E-state index in [0.717, 1.165) is 69.8 Å². The van der Waals surface area contributed by atoms with Crippen LogP contribution in [0.15, 0.2) is 9.52 Å². The fourth-order valence-corrected chi connectivity index (χ4v) is 3.19. The van der Waals surface area contributed by atoms with E-state index in [1.54, 1.807) is 0 Å². The number of ether oxygens (including phenoxy) is 1. The quantitative estimate of drug-likeness (QED) is 0.258. The lowest BCUT2D eigenvalue weighted by atomic mass is 10.00. The van der Waals surface area contributed by atoms with Crippen molar-refractivity contribution in [3.63, 3.8) is 0 Å². The maximum absolute atomic E-state index is 5.38. The number of aliphatic imine (C=N–C) groups is 1. The lowest BCUT2D eigenvalue weighted by molar-refractivity contribution is 0.0376. The number of halogens is 1. The van der Waals surface area contributed by atoms with Crippen molar-refractivity contribution in [3.8, 4) is 0 Å². The first-order valence-corrected chi connectivity index (χ1v) is 9.36. The van der Waals surface area contributed by atoms with Crippen LogP contribution in [-0.2, 0) is 4.74 Å². The molecule has 1 atom stereocenters. The zero-order valence-corrected chi connectivity index (χ0v) is 18.8. The van der Waals surface area contributed by atoms with E-state index in [-0.39, 0.29) is 29.9 Å². The normalized spacial score (nSPS) is 16.8. The summed E-state index contributed by atoms with van der Waals surface area (Å²) in [5, 5.41) is 10.8. The van der Waals surface area contributed by atoms with E-state index >= 15 is 0 Å². The number of aryl methyl sites for hydroxylation is 2. The average molecular weight is 479 g/mol. The molecule has 1 aromatic rings. The van der Waals surface area contributed by atoms with Crippen molar-refractivity contribution in [1.29, 1.82) is 0 Å². The molecule has 0 aromatic carbocycles. The second kappa shape index (κ2) is 12.5. The van der Waals surface area contributed by atoms with E-state index in [9.17, 15) is 0 Å². The fraction of sp³-hybridized carbons (Fsp3) is 0.778. The highest BCUT2D eigenvalue weighted by molar-refractivity contribution is 14.0. The van der Waals surface area contributed by atoms with Gasteiger partial charge in [-0.05, 0) is 33.7 Å². The van der Waals surface area contributed by atoms with Crippen LogP contribution < -0.4 is 10.6 Å². The van der Waals surface area contributed by atoms with Gasteiger partial charge in [-0.3, -0.25) is 9.89 Å². The van der Waals surface area contributed by atoms with E-state index in [0.29, 0.717) is 6.54 Å². The first kappa shape index (κ1) is 23.2. The molecule has 8 heteroatoms. The lowest BCUT2D eigenvalue weighted by Crippen LogP contribution is -2.40. The zero-order valence-electron chi connectivity index (χ0n) is 16.5. The molecule has 1 saturated heterocycles. The van der Waals surface area contributed by atoms with Gasteiger partial charge >= 0.3 is 0 Å². The van der Waals surface area contributed by atoms with Crippen LogP contribution in [0.1, 0.15) is 43.2 Å². The van der Waals surface area contributed by atoms with Gasteiger partial charge in [-0.25, -0.2) is 0 Å². The molecule has 0 radical (unpaired) electrons. The summed E-state index contributed by atoms with van der Waals surface area (Å²) >= 11 is 0. The van der Waals surface area contributed by atoms with Crippen LogP contribution in [-0.4, -0.2) is 68.5 Å². The van der Waals surface area contributed by atoms with Gasteiger partial charge in [0.1, 0.15) is 5.76 Å². The third-order valence-electron chi connectivity index (χ3n) is 4.50. The van der Waals surface area contributed by atoms with Crippen LogP contribution in [0.5, 0.6) is 0 Å². The minimum Gasteiger partial charge on any atom is -0.379 e. The van der Waals surface area contributed by atoms with Gasteiger partial charge < -0.3 is 19.9 Å². The van der Waals surface area contributed by atoms with Crippen LogP contribution in [0.4, 0.5) is 0 Å². The summed E-state index contributed by atoms with van der Waals surface area (Å²) in [6.45, 7) is 15.6. The van der Waals surface area contributed by atoms with Crippen molar-refractivity contribution in [2.24, 2.45) is 4.99 Å². The van der Waals surface area contributed by atoms with E-state index in [1.165, 1.54) is 5.56 Å². The molecule has 2 N–H and O–H groups in total. The summed E-state index contributed by atoms with van der Waals surface area (Å²) < 4.78 is 10.6. The minimum atomic E-state index is 0. The SMILES string of the molecule is CCNC(=NCC(C)c1c(C)noc1C)NCCCN1CCOCC1.I. The van der Waals surface area contributed by atoms with Crippen molar-refractivity contribution in [2.45, 2.75) is 40.0 Å². The highest BCUT2D eigenvalue weighted by Gasteiger charge is 2.16. The first-order valence-electron chi connectivity index (χ1n) is 9.36. The van der Waals surface area contributed by atoms with Crippen molar-refractivity contribution >= 4 is 29.9 Å². The Morgan fingerprint density at radius 2 is 2.00 bits per heavy atom. The summed E-state index contributed by atoms with van der Waals surface area (Å²) in [4.78, 5) is 7.18. The Morgan fingerprint density at radius 3 is 2.62 bits per heavy atom. The third kappa shape index (κ3) is 7.40. The fourth-order valence-electron chi connectivity index (χ4n) is 3.19. The number of guanidine groups is 1. The molecule has 0 bridgehead atoms. The van der Waals surface area contributed by atoms with Crippen molar-refractivity contribution < 1.29 is 9.26 Å².